The van der Waals surface area contributed by atoms with Crippen molar-refractivity contribution in [3.63, 3.8) is 0 Å². The van der Waals surface area contributed by atoms with Gasteiger partial charge in [-0.15, -0.1) is 0 Å². The second kappa shape index (κ2) is 6.67. The molecule has 0 amide bonds. The van der Waals surface area contributed by atoms with E-state index in [1.54, 1.807) is 0 Å². The molecule has 1 atom stereocenters. The fourth-order valence-corrected chi connectivity index (χ4v) is 3.03. The van der Waals surface area contributed by atoms with Gasteiger partial charge in [0.25, 0.3) is 5.69 Å². The molecule has 0 aromatic heterocycles. The van der Waals surface area contributed by atoms with Crippen LogP contribution in [-0.2, 0) is 4.79 Å². The molecule has 1 aliphatic rings. The van der Waals surface area contributed by atoms with Gasteiger partial charge in [0.1, 0.15) is 6.04 Å². The van der Waals surface area contributed by atoms with Crippen molar-refractivity contribution in [3.05, 3.63) is 39.9 Å². The zero-order chi connectivity index (χ0) is 15.4. The van der Waals surface area contributed by atoms with E-state index in [4.69, 9.17) is 0 Å². The van der Waals surface area contributed by atoms with E-state index >= 15 is 0 Å². The first-order chi connectivity index (χ1) is 10.0. The predicted molar refractivity (Wildman–Crippen MR) is 78.1 cm³/mol. The Hall–Kier alpha value is -1.95. The quantitative estimate of drug-likeness (QED) is 0.666. The van der Waals surface area contributed by atoms with E-state index in [0.29, 0.717) is 5.56 Å². The Kier molecular flexibility index (Phi) is 4.90. The van der Waals surface area contributed by atoms with Gasteiger partial charge in [-0.2, -0.15) is 0 Å². The summed E-state index contributed by atoms with van der Waals surface area (Å²) in [6.07, 6.45) is 5.48. The van der Waals surface area contributed by atoms with Crippen molar-refractivity contribution in [2.45, 2.75) is 44.2 Å². The van der Waals surface area contributed by atoms with Gasteiger partial charge < -0.3 is 5.11 Å². The van der Waals surface area contributed by atoms with Crippen molar-refractivity contribution in [2.24, 2.45) is 0 Å². The van der Waals surface area contributed by atoms with Gasteiger partial charge in [0.05, 0.1) is 4.92 Å². The number of nitrogens with zero attached hydrogens (tertiary/aromatic N) is 2. The highest BCUT2D eigenvalue weighted by Gasteiger charge is 2.30. The van der Waals surface area contributed by atoms with Crippen LogP contribution in [0.1, 0.15) is 43.7 Å². The lowest BCUT2D eigenvalue weighted by Crippen LogP contribution is -2.40. The van der Waals surface area contributed by atoms with Gasteiger partial charge in [0, 0.05) is 18.2 Å². The number of non-ortho nitro benzene ring substituents is 1. The fraction of sp³-hybridized carbons (Fsp3) is 0.533. The first-order valence-corrected chi connectivity index (χ1v) is 7.20. The third-order valence-electron chi connectivity index (χ3n) is 4.21. The van der Waals surface area contributed by atoms with Crippen LogP contribution in [0.3, 0.4) is 0 Å². The lowest BCUT2D eigenvalue weighted by Gasteiger charge is -2.35. The Morgan fingerprint density at radius 2 is 1.86 bits per heavy atom. The van der Waals surface area contributed by atoms with Crippen LogP contribution in [0.15, 0.2) is 24.3 Å². The molecule has 1 saturated carbocycles. The highest BCUT2D eigenvalue weighted by molar-refractivity contribution is 5.75. The molecule has 2 rings (SSSR count). The number of carboxylic acid groups (broad SMARTS) is 1. The molecule has 0 spiro atoms. The number of nitro groups is 1. The molecule has 1 fully saturated rings. The van der Waals surface area contributed by atoms with E-state index in [1.807, 2.05) is 11.9 Å². The number of nitro benzene ring substituents is 1. The summed E-state index contributed by atoms with van der Waals surface area (Å²) >= 11 is 0. The van der Waals surface area contributed by atoms with Crippen molar-refractivity contribution < 1.29 is 14.8 Å². The largest absolute Gasteiger partial charge is 0.480 e. The van der Waals surface area contributed by atoms with E-state index in [-0.39, 0.29) is 11.7 Å². The summed E-state index contributed by atoms with van der Waals surface area (Å²) in [6.45, 7) is 0. The number of carboxylic acids is 1. The minimum Gasteiger partial charge on any atom is -0.480 e. The molecule has 0 radical (unpaired) electrons. The van der Waals surface area contributed by atoms with Crippen LogP contribution in [0.4, 0.5) is 5.69 Å². The summed E-state index contributed by atoms with van der Waals surface area (Å²) < 4.78 is 0. The van der Waals surface area contributed by atoms with Crippen LogP contribution < -0.4 is 0 Å². The van der Waals surface area contributed by atoms with Crippen molar-refractivity contribution in [1.29, 1.82) is 0 Å². The summed E-state index contributed by atoms with van der Waals surface area (Å²) in [6, 6.07) is 5.30. The van der Waals surface area contributed by atoms with Crippen LogP contribution in [0.25, 0.3) is 0 Å². The molecular formula is C15H20N2O4. The second-order valence-corrected chi connectivity index (χ2v) is 5.55. The first-order valence-electron chi connectivity index (χ1n) is 7.20. The summed E-state index contributed by atoms with van der Waals surface area (Å²) in [7, 11) is 1.83. The summed E-state index contributed by atoms with van der Waals surface area (Å²) in [5, 5.41) is 20.2. The van der Waals surface area contributed by atoms with Gasteiger partial charge in [-0.1, -0.05) is 31.4 Å². The normalized spacial score (nSPS) is 17.6. The standard InChI is InChI=1S/C15H20N2O4/c1-16(12-5-3-2-4-6-12)14(15(18)19)11-7-9-13(10-8-11)17(20)21/h7-10,12,14H,2-6H2,1H3,(H,18,19). The van der Waals surface area contributed by atoms with Crippen LogP contribution in [0.5, 0.6) is 0 Å². The summed E-state index contributed by atoms with van der Waals surface area (Å²) in [5.74, 6) is -0.920. The highest BCUT2D eigenvalue weighted by atomic mass is 16.6. The maximum Gasteiger partial charge on any atom is 0.325 e. The van der Waals surface area contributed by atoms with E-state index in [9.17, 15) is 20.0 Å². The maximum absolute atomic E-state index is 11.6. The molecule has 0 bridgehead atoms. The number of aliphatic carboxylic acids is 1. The Morgan fingerprint density at radius 1 is 1.29 bits per heavy atom. The van der Waals surface area contributed by atoms with Crippen molar-refractivity contribution in [3.8, 4) is 0 Å². The molecule has 0 aliphatic heterocycles. The van der Waals surface area contributed by atoms with Gasteiger partial charge in [-0.25, -0.2) is 0 Å². The monoisotopic (exact) mass is 292 g/mol. The third kappa shape index (κ3) is 3.58. The zero-order valence-corrected chi connectivity index (χ0v) is 12.1. The highest BCUT2D eigenvalue weighted by Crippen LogP contribution is 2.30. The number of rotatable bonds is 5. The lowest BCUT2D eigenvalue weighted by molar-refractivity contribution is -0.384. The minimum absolute atomic E-state index is 0.0248. The van der Waals surface area contributed by atoms with E-state index in [0.717, 1.165) is 25.7 Å². The average Bonchev–Trinajstić information content (AvgIpc) is 2.48. The Bertz CT molecular complexity index is 509. The average molecular weight is 292 g/mol. The van der Waals surface area contributed by atoms with Crippen LogP contribution in [0.2, 0.25) is 0 Å². The van der Waals surface area contributed by atoms with Crippen LogP contribution in [0, 0.1) is 10.1 Å². The second-order valence-electron chi connectivity index (χ2n) is 5.55. The molecule has 114 valence electrons. The Balaban J connectivity index is 2.21. The van der Waals surface area contributed by atoms with Gasteiger partial charge in [-0.3, -0.25) is 19.8 Å². The molecule has 6 heteroatoms. The van der Waals surface area contributed by atoms with Crippen LogP contribution >= 0.6 is 0 Å². The number of likely N-dealkylation sites (N-methyl/N-ethyl adjacent to an activating group) is 1. The van der Waals surface area contributed by atoms with Gasteiger partial charge in [0.15, 0.2) is 0 Å². The molecule has 21 heavy (non-hydrogen) atoms. The van der Waals surface area contributed by atoms with Gasteiger partial charge in [0.2, 0.25) is 0 Å². The van der Waals surface area contributed by atoms with Crippen molar-refractivity contribution in [2.75, 3.05) is 7.05 Å². The SMILES string of the molecule is CN(C1CCCCC1)C(C(=O)O)c1ccc([N+](=O)[O-])cc1. The zero-order valence-electron chi connectivity index (χ0n) is 12.1. The Morgan fingerprint density at radius 3 is 2.33 bits per heavy atom. The number of hydrogen-bond donors (Lipinski definition) is 1. The van der Waals surface area contributed by atoms with E-state index in [1.165, 1.54) is 30.7 Å². The molecule has 1 N–H and O–H groups in total. The molecular weight excluding hydrogens is 272 g/mol. The Labute approximate surface area is 123 Å². The number of benzene rings is 1. The van der Waals surface area contributed by atoms with Gasteiger partial charge >= 0.3 is 5.97 Å². The predicted octanol–water partition coefficient (Wildman–Crippen LogP) is 2.99. The summed E-state index contributed by atoms with van der Waals surface area (Å²) in [4.78, 5) is 23.7. The number of hydrogen-bond acceptors (Lipinski definition) is 4. The van der Waals surface area contributed by atoms with Crippen molar-refractivity contribution in [1.82, 2.24) is 4.90 Å². The maximum atomic E-state index is 11.6. The van der Waals surface area contributed by atoms with Crippen LogP contribution in [-0.4, -0.2) is 34.0 Å². The van der Waals surface area contributed by atoms with Crippen molar-refractivity contribution >= 4 is 11.7 Å². The minimum atomic E-state index is -0.920. The molecule has 1 unspecified atom stereocenters. The van der Waals surface area contributed by atoms with Gasteiger partial charge in [-0.05, 0) is 25.5 Å². The molecule has 0 heterocycles. The smallest absolute Gasteiger partial charge is 0.325 e. The van der Waals surface area contributed by atoms with E-state index < -0.39 is 16.9 Å². The topological polar surface area (TPSA) is 83.7 Å². The summed E-state index contributed by atoms with van der Waals surface area (Å²) in [5.41, 5.74) is 0.560. The molecule has 0 saturated heterocycles. The molecule has 6 nitrogen and oxygen atoms in total. The third-order valence-corrected chi connectivity index (χ3v) is 4.21. The molecule has 1 aromatic carbocycles. The lowest BCUT2D eigenvalue weighted by atomic mass is 9.92. The number of carbonyl (C=O) groups is 1. The molecule has 1 aliphatic carbocycles. The fourth-order valence-electron chi connectivity index (χ4n) is 3.03. The first kappa shape index (κ1) is 15.4. The molecule has 1 aromatic rings. The van der Waals surface area contributed by atoms with E-state index in [2.05, 4.69) is 0 Å².